The molecule has 2 N–H and O–H groups in total. The average molecular weight is 397 g/mol. The normalized spacial score (nSPS) is 11.0. The van der Waals surface area contributed by atoms with Gasteiger partial charge in [0.1, 0.15) is 5.75 Å². The van der Waals surface area contributed by atoms with Crippen LogP contribution in [0.15, 0.2) is 47.4 Å². The molecule has 0 radical (unpaired) electrons. The monoisotopic (exact) mass is 396 g/mol. The number of carbonyl (C=O) groups is 1. The molecule has 140 valence electrons. The van der Waals surface area contributed by atoms with Gasteiger partial charge in [0.15, 0.2) is 0 Å². The fourth-order valence-corrected chi connectivity index (χ4v) is 3.55. The number of rotatable bonds is 8. The van der Waals surface area contributed by atoms with Crippen molar-refractivity contribution in [3.8, 4) is 5.75 Å². The van der Waals surface area contributed by atoms with Gasteiger partial charge in [-0.2, -0.15) is 0 Å². The number of aryl methyl sites for hydroxylation is 1. The second kappa shape index (κ2) is 8.91. The lowest BCUT2D eigenvalue weighted by molar-refractivity contribution is -0.114. The first kappa shape index (κ1) is 20.1. The first-order chi connectivity index (χ1) is 12.4. The number of hydrogen-bond acceptors (Lipinski definition) is 4. The molecular formula is C18H21ClN2O4S. The number of hydrogen-bond donors (Lipinski definition) is 2. The van der Waals surface area contributed by atoms with Crippen molar-refractivity contribution in [2.75, 3.05) is 23.0 Å². The van der Waals surface area contributed by atoms with E-state index < -0.39 is 10.0 Å². The molecule has 0 unspecified atom stereocenters. The predicted molar refractivity (Wildman–Crippen MR) is 104 cm³/mol. The van der Waals surface area contributed by atoms with E-state index in [1.165, 1.54) is 20.1 Å². The Bertz CT molecular complexity index is 867. The molecule has 2 aromatic carbocycles. The molecule has 2 rings (SSSR count). The van der Waals surface area contributed by atoms with Gasteiger partial charge in [-0.3, -0.25) is 9.52 Å². The van der Waals surface area contributed by atoms with Gasteiger partial charge in [0.25, 0.3) is 10.0 Å². The van der Waals surface area contributed by atoms with E-state index in [2.05, 4.69) is 10.0 Å². The summed E-state index contributed by atoms with van der Waals surface area (Å²) in [6.07, 6.45) is 1.62. The lowest BCUT2D eigenvalue weighted by Crippen LogP contribution is -2.16. The molecule has 0 fully saturated rings. The fraction of sp³-hybridized carbons (Fsp3) is 0.278. The van der Waals surface area contributed by atoms with E-state index in [0.717, 1.165) is 18.4 Å². The largest absolute Gasteiger partial charge is 0.497 e. The van der Waals surface area contributed by atoms with Crippen LogP contribution < -0.4 is 14.8 Å². The third-order valence-electron chi connectivity index (χ3n) is 3.61. The quantitative estimate of drug-likeness (QED) is 0.667. The molecule has 0 saturated carbocycles. The summed E-state index contributed by atoms with van der Waals surface area (Å²) in [5.41, 5.74) is 1.59. The number of ether oxygens (including phenoxy) is 1. The molecule has 0 heterocycles. The molecule has 26 heavy (non-hydrogen) atoms. The first-order valence-electron chi connectivity index (χ1n) is 7.99. The number of sulfonamides is 1. The molecule has 6 nitrogen and oxygen atoms in total. The maximum atomic E-state index is 12.7. The molecule has 8 heteroatoms. The van der Waals surface area contributed by atoms with Gasteiger partial charge >= 0.3 is 0 Å². The number of amides is 1. The van der Waals surface area contributed by atoms with Gasteiger partial charge in [0.2, 0.25) is 5.91 Å². The number of halogens is 1. The van der Waals surface area contributed by atoms with E-state index in [4.69, 9.17) is 16.3 Å². The zero-order valence-electron chi connectivity index (χ0n) is 14.6. The molecule has 0 aliphatic heterocycles. The van der Waals surface area contributed by atoms with Crippen molar-refractivity contribution >= 4 is 38.9 Å². The number of nitrogens with one attached hydrogen (secondary N) is 2. The van der Waals surface area contributed by atoms with Crippen molar-refractivity contribution in [1.82, 2.24) is 0 Å². The Balaban J connectivity index is 2.29. The highest BCUT2D eigenvalue weighted by Gasteiger charge is 2.17. The van der Waals surface area contributed by atoms with Crippen molar-refractivity contribution < 1.29 is 17.9 Å². The number of anilines is 2. The Hall–Kier alpha value is -2.25. The molecule has 2 aromatic rings. The summed E-state index contributed by atoms with van der Waals surface area (Å²) < 4.78 is 33.0. The summed E-state index contributed by atoms with van der Waals surface area (Å²) in [4.78, 5) is 11.5. The number of carbonyl (C=O) groups excluding carboxylic acids is 1. The lowest BCUT2D eigenvalue weighted by Gasteiger charge is -2.14. The molecule has 0 spiro atoms. The van der Waals surface area contributed by atoms with Gasteiger partial charge in [-0.25, -0.2) is 8.42 Å². The molecule has 0 aliphatic carbocycles. The van der Waals surface area contributed by atoms with Crippen LogP contribution in [0.1, 0.15) is 18.9 Å². The minimum Gasteiger partial charge on any atom is -0.497 e. The minimum absolute atomic E-state index is 0.128. The molecule has 0 atom stereocenters. The average Bonchev–Trinajstić information content (AvgIpc) is 2.61. The second-order valence-electron chi connectivity index (χ2n) is 5.63. The van der Waals surface area contributed by atoms with E-state index in [9.17, 15) is 13.2 Å². The highest BCUT2D eigenvalue weighted by atomic mass is 35.5. The van der Waals surface area contributed by atoms with Crippen molar-refractivity contribution in [2.24, 2.45) is 0 Å². The van der Waals surface area contributed by atoms with Crippen molar-refractivity contribution in [1.29, 1.82) is 0 Å². The van der Waals surface area contributed by atoms with Crippen LogP contribution in [-0.4, -0.2) is 27.3 Å². The maximum Gasteiger partial charge on any atom is 0.261 e. The zero-order valence-corrected chi connectivity index (χ0v) is 16.2. The molecule has 1 amide bonds. The van der Waals surface area contributed by atoms with Crippen LogP contribution in [0.3, 0.4) is 0 Å². The Kier molecular flexibility index (Phi) is 6.88. The van der Waals surface area contributed by atoms with E-state index in [1.54, 1.807) is 36.4 Å². The molecule has 0 aromatic heterocycles. The topological polar surface area (TPSA) is 84.5 Å². The number of methoxy groups -OCH3 is 1. The maximum absolute atomic E-state index is 12.7. The van der Waals surface area contributed by atoms with Gasteiger partial charge in [-0.1, -0.05) is 12.1 Å². The Labute approximate surface area is 158 Å². The van der Waals surface area contributed by atoms with Crippen LogP contribution in [-0.2, 0) is 21.2 Å². The van der Waals surface area contributed by atoms with Gasteiger partial charge in [0, 0.05) is 18.9 Å². The van der Waals surface area contributed by atoms with Crippen molar-refractivity contribution in [3.05, 3.63) is 48.0 Å². The van der Waals surface area contributed by atoms with E-state index in [-0.39, 0.29) is 16.5 Å². The smallest absolute Gasteiger partial charge is 0.261 e. The first-order valence-corrected chi connectivity index (χ1v) is 10.0. The molecular weight excluding hydrogens is 376 g/mol. The number of benzene rings is 2. The van der Waals surface area contributed by atoms with Gasteiger partial charge in [-0.15, -0.1) is 11.6 Å². The van der Waals surface area contributed by atoms with Crippen LogP contribution in [0.5, 0.6) is 5.75 Å². The number of alkyl halides is 1. The zero-order chi connectivity index (χ0) is 19.2. The molecule has 0 aliphatic rings. The third kappa shape index (κ3) is 5.37. The van der Waals surface area contributed by atoms with E-state index in [1.807, 2.05) is 0 Å². The summed E-state index contributed by atoms with van der Waals surface area (Å²) >= 11 is 5.68. The Morgan fingerprint density at radius 3 is 2.38 bits per heavy atom. The van der Waals surface area contributed by atoms with Crippen LogP contribution in [0, 0.1) is 0 Å². The highest BCUT2D eigenvalue weighted by molar-refractivity contribution is 7.92. The van der Waals surface area contributed by atoms with Gasteiger partial charge < -0.3 is 10.1 Å². The second-order valence-corrected chi connectivity index (χ2v) is 7.70. The molecule has 0 saturated heterocycles. The van der Waals surface area contributed by atoms with Crippen molar-refractivity contribution in [3.63, 3.8) is 0 Å². The molecule has 0 bridgehead atoms. The summed E-state index contributed by atoms with van der Waals surface area (Å²) in [5, 5.41) is 2.60. The van der Waals surface area contributed by atoms with Gasteiger partial charge in [0.05, 0.1) is 23.4 Å². The lowest BCUT2D eigenvalue weighted by atomic mass is 10.1. The van der Waals surface area contributed by atoms with Crippen LogP contribution in [0.2, 0.25) is 0 Å². The van der Waals surface area contributed by atoms with Crippen LogP contribution >= 0.6 is 11.6 Å². The summed E-state index contributed by atoms with van der Waals surface area (Å²) in [6.45, 7) is 1.35. The third-order valence-corrected chi connectivity index (χ3v) is 5.26. The summed E-state index contributed by atoms with van der Waals surface area (Å²) in [6, 6.07) is 11.3. The highest BCUT2D eigenvalue weighted by Crippen LogP contribution is 2.29. The Morgan fingerprint density at radius 1 is 1.12 bits per heavy atom. The van der Waals surface area contributed by atoms with Crippen LogP contribution in [0.25, 0.3) is 0 Å². The van der Waals surface area contributed by atoms with E-state index in [0.29, 0.717) is 17.3 Å². The Morgan fingerprint density at radius 2 is 1.81 bits per heavy atom. The van der Waals surface area contributed by atoms with Crippen molar-refractivity contribution in [2.45, 2.75) is 24.7 Å². The predicted octanol–water partition coefficient (Wildman–Crippen LogP) is 3.63. The SMILES string of the molecule is COc1ccc(NC(C)=O)c(NS(=O)(=O)c2ccc(CCCCl)cc2)c1. The summed E-state index contributed by atoms with van der Waals surface area (Å²) in [5.74, 6) is 0.719. The van der Waals surface area contributed by atoms with Gasteiger partial charge in [-0.05, 0) is 42.7 Å². The standard InChI is InChI=1S/C18H21ClN2O4S/c1-13(22)20-17-10-7-15(25-2)12-18(17)21-26(23,24)16-8-5-14(6-9-16)4-3-11-19/h5-10,12,21H,3-4,11H2,1-2H3,(H,20,22). The van der Waals surface area contributed by atoms with Crippen LogP contribution in [0.4, 0.5) is 11.4 Å². The summed E-state index contributed by atoms with van der Waals surface area (Å²) in [7, 11) is -2.34. The van der Waals surface area contributed by atoms with E-state index >= 15 is 0 Å². The minimum atomic E-state index is -3.82. The fourth-order valence-electron chi connectivity index (χ4n) is 2.34.